The highest BCUT2D eigenvalue weighted by molar-refractivity contribution is 5.93. The first-order chi connectivity index (χ1) is 10.1. The van der Waals surface area contributed by atoms with Crippen LogP contribution in [-0.4, -0.2) is 64.7 Å². The van der Waals surface area contributed by atoms with E-state index in [1.165, 1.54) is 20.8 Å². The van der Waals surface area contributed by atoms with Gasteiger partial charge in [-0.3, -0.25) is 14.4 Å². The third-order valence-electron chi connectivity index (χ3n) is 2.71. The van der Waals surface area contributed by atoms with Gasteiger partial charge in [-0.25, -0.2) is 4.79 Å². The molecule has 0 aliphatic heterocycles. The van der Waals surface area contributed by atoms with Gasteiger partial charge in [-0.2, -0.15) is 0 Å². The summed E-state index contributed by atoms with van der Waals surface area (Å²) in [6.07, 6.45) is 0. The van der Waals surface area contributed by atoms with Gasteiger partial charge in [0.25, 0.3) is 0 Å². The minimum absolute atomic E-state index is 0.522. The zero-order valence-electron chi connectivity index (χ0n) is 12.6. The highest BCUT2D eigenvalue weighted by Crippen LogP contribution is 1.91. The molecule has 0 aromatic carbocycles. The van der Waals surface area contributed by atoms with Gasteiger partial charge in [-0.15, -0.1) is 0 Å². The van der Waals surface area contributed by atoms with E-state index < -0.39 is 54.5 Å². The fraction of sp³-hybridized carbons (Fsp3) is 0.667. The molecule has 3 amide bonds. The lowest BCUT2D eigenvalue weighted by Crippen LogP contribution is -2.55. The van der Waals surface area contributed by atoms with Crippen LogP contribution in [-0.2, 0) is 19.2 Å². The van der Waals surface area contributed by atoms with Crippen molar-refractivity contribution in [1.29, 1.82) is 0 Å². The Bertz CT molecular complexity index is 439. The van der Waals surface area contributed by atoms with Crippen LogP contribution in [0.25, 0.3) is 0 Å². The molecule has 10 nitrogen and oxygen atoms in total. The summed E-state index contributed by atoms with van der Waals surface area (Å²) in [7, 11) is 0. The Morgan fingerprint density at radius 1 is 0.909 bits per heavy atom. The van der Waals surface area contributed by atoms with E-state index in [0.717, 1.165) is 0 Å². The van der Waals surface area contributed by atoms with Crippen LogP contribution in [0.5, 0.6) is 0 Å². The first kappa shape index (κ1) is 19.8. The molecule has 4 unspecified atom stereocenters. The average molecular weight is 318 g/mol. The molecule has 0 fully saturated rings. The molecule has 10 heteroatoms. The third kappa shape index (κ3) is 6.50. The molecule has 0 heterocycles. The van der Waals surface area contributed by atoms with E-state index >= 15 is 0 Å². The predicted molar refractivity (Wildman–Crippen MR) is 75.5 cm³/mol. The number of carboxylic acids is 1. The quantitative estimate of drug-likeness (QED) is 0.275. The van der Waals surface area contributed by atoms with E-state index in [9.17, 15) is 19.2 Å². The summed E-state index contributed by atoms with van der Waals surface area (Å²) in [6, 6.07) is -4.20. The van der Waals surface area contributed by atoms with Crippen LogP contribution in [0.1, 0.15) is 20.8 Å². The molecule has 22 heavy (non-hydrogen) atoms. The van der Waals surface area contributed by atoms with Crippen molar-refractivity contribution in [3.63, 3.8) is 0 Å². The van der Waals surface area contributed by atoms with Gasteiger partial charge in [0.2, 0.25) is 17.7 Å². The van der Waals surface area contributed by atoms with Crippen molar-refractivity contribution in [1.82, 2.24) is 16.0 Å². The molecule has 0 aromatic heterocycles. The van der Waals surface area contributed by atoms with Crippen molar-refractivity contribution in [2.24, 2.45) is 5.73 Å². The number of aliphatic carboxylic acids is 1. The van der Waals surface area contributed by atoms with Gasteiger partial charge in [0.1, 0.15) is 18.1 Å². The molecule has 0 radical (unpaired) electrons. The van der Waals surface area contributed by atoms with Gasteiger partial charge >= 0.3 is 5.97 Å². The molecule has 0 bridgehead atoms. The third-order valence-corrected chi connectivity index (χ3v) is 2.71. The van der Waals surface area contributed by atoms with Gasteiger partial charge in [-0.05, 0) is 20.8 Å². The van der Waals surface area contributed by atoms with E-state index in [-0.39, 0.29) is 0 Å². The summed E-state index contributed by atoms with van der Waals surface area (Å²) in [6.45, 7) is 3.43. The molecular formula is C12H22N4O6. The largest absolute Gasteiger partial charge is 0.480 e. The minimum atomic E-state index is -1.46. The van der Waals surface area contributed by atoms with Crippen LogP contribution in [0.15, 0.2) is 0 Å². The zero-order valence-corrected chi connectivity index (χ0v) is 12.6. The van der Waals surface area contributed by atoms with Gasteiger partial charge < -0.3 is 31.9 Å². The normalized spacial score (nSPS) is 15.9. The molecular weight excluding hydrogens is 296 g/mol. The lowest BCUT2D eigenvalue weighted by atomic mass is 10.2. The predicted octanol–water partition coefficient (Wildman–Crippen LogP) is -3.10. The van der Waals surface area contributed by atoms with E-state index in [4.69, 9.17) is 15.9 Å². The van der Waals surface area contributed by atoms with Gasteiger partial charge in [0, 0.05) is 0 Å². The Morgan fingerprint density at radius 2 is 1.32 bits per heavy atom. The molecule has 0 saturated heterocycles. The monoisotopic (exact) mass is 318 g/mol. The number of nitrogens with two attached hydrogens (primary N) is 1. The summed E-state index contributed by atoms with van der Waals surface area (Å²) in [5.74, 6) is -3.33. The fourth-order valence-corrected chi connectivity index (χ4v) is 1.30. The fourth-order valence-electron chi connectivity index (χ4n) is 1.30. The van der Waals surface area contributed by atoms with Crippen molar-refractivity contribution in [2.75, 3.05) is 6.61 Å². The number of hydrogen-bond donors (Lipinski definition) is 6. The van der Waals surface area contributed by atoms with Crippen LogP contribution in [0.4, 0.5) is 0 Å². The number of carbonyl (C=O) groups is 4. The van der Waals surface area contributed by atoms with E-state index in [1.807, 2.05) is 0 Å². The number of aliphatic hydroxyl groups is 1. The number of carboxylic acid groups (broad SMARTS) is 1. The molecule has 7 N–H and O–H groups in total. The second-order valence-corrected chi connectivity index (χ2v) is 4.83. The standard InChI is InChI=1S/C12H22N4O6/c1-5(13)9(18)14-6(2)10(19)15-7(3)11(20)16-8(4-17)12(21)22/h5-8,17H,4,13H2,1-3H3,(H,14,18)(H,15,19)(H,16,20)(H,21,22). The maximum Gasteiger partial charge on any atom is 0.328 e. The lowest BCUT2D eigenvalue weighted by Gasteiger charge is -2.20. The van der Waals surface area contributed by atoms with Crippen LogP contribution in [0, 0.1) is 0 Å². The SMILES string of the molecule is CC(N)C(=O)NC(C)C(=O)NC(C)C(=O)NC(CO)C(=O)O. The van der Waals surface area contributed by atoms with E-state index in [0.29, 0.717) is 0 Å². The summed E-state index contributed by atoms with van der Waals surface area (Å²) in [5, 5.41) is 24.2. The highest BCUT2D eigenvalue weighted by Gasteiger charge is 2.25. The summed E-state index contributed by atoms with van der Waals surface area (Å²) < 4.78 is 0. The molecule has 0 aromatic rings. The number of rotatable bonds is 8. The number of nitrogens with one attached hydrogen (secondary N) is 3. The number of carbonyl (C=O) groups excluding carboxylic acids is 3. The topological polar surface area (TPSA) is 171 Å². The van der Waals surface area contributed by atoms with Gasteiger partial charge in [0.15, 0.2) is 0 Å². The average Bonchev–Trinajstić information content (AvgIpc) is 2.43. The van der Waals surface area contributed by atoms with E-state index in [2.05, 4.69) is 16.0 Å². The Labute approximate surface area is 127 Å². The first-order valence-corrected chi connectivity index (χ1v) is 6.60. The summed E-state index contributed by atoms with van der Waals surface area (Å²) in [4.78, 5) is 45.5. The molecule has 4 atom stereocenters. The molecule has 0 rings (SSSR count). The summed E-state index contributed by atoms with van der Waals surface area (Å²) >= 11 is 0. The Kier molecular flexibility index (Phi) is 8.05. The smallest absolute Gasteiger partial charge is 0.328 e. The maximum atomic E-state index is 11.8. The second-order valence-electron chi connectivity index (χ2n) is 4.83. The molecule has 0 saturated carbocycles. The number of aliphatic hydroxyl groups excluding tert-OH is 1. The van der Waals surface area contributed by atoms with Gasteiger partial charge in [-0.1, -0.05) is 0 Å². The van der Waals surface area contributed by atoms with Crippen molar-refractivity contribution >= 4 is 23.7 Å². The summed E-state index contributed by atoms with van der Waals surface area (Å²) in [5.41, 5.74) is 5.35. The Morgan fingerprint density at radius 3 is 1.68 bits per heavy atom. The van der Waals surface area contributed by atoms with Crippen LogP contribution in [0.2, 0.25) is 0 Å². The second kappa shape index (κ2) is 8.95. The van der Waals surface area contributed by atoms with Crippen LogP contribution in [0.3, 0.4) is 0 Å². The number of amides is 3. The molecule has 0 aliphatic rings. The minimum Gasteiger partial charge on any atom is -0.480 e. The first-order valence-electron chi connectivity index (χ1n) is 6.60. The molecule has 0 spiro atoms. The van der Waals surface area contributed by atoms with Crippen LogP contribution >= 0.6 is 0 Å². The Balaban J connectivity index is 4.48. The van der Waals surface area contributed by atoms with Crippen molar-refractivity contribution in [3.05, 3.63) is 0 Å². The number of hydrogen-bond acceptors (Lipinski definition) is 6. The van der Waals surface area contributed by atoms with E-state index in [1.54, 1.807) is 0 Å². The highest BCUT2D eigenvalue weighted by atomic mass is 16.4. The van der Waals surface area contributed by atoms with Crippen molar-refractivity contribution in [3.8, 4) is 0 Å². The molecule has 126 valence electrons. The van der Waals surface area contributed by atoms with Gasteiger partial charge in [0.05, 0.1) is 12.6 Å². The van der Waals surface area contributed by atoms with Crippen LogP contribution < -0.4 is 21.7 Å². The zero-order chi connectivity index (χ0) is 17.4. The molecule has 0 aliphatic carbocycles. The Hall–Kier alpha value is -2.20. The van der Waals surface area contributed by atoms with Crippen molar-refractivity contribution in [2.45, 2.75) is 44.9 Å². The van der Waals surface area contributed by atoms with Crippen molar-refractivity contribution < 1.29 is 29.4 Å². The lowest BCUT2D eigenvalue weighted by molar-refractivity contribution is -0.143. The maximum absolute atomic E-state index is 11.8.